The van der Waals surface area contributed by atoms with E-state index >= 15 is 0 Å². The molecule has 1 fully saturated rings. The third-order valence-corrected chi connectivity index (χ3v) is 6.67. The molecule has 1 heterocycles. The van der Waals surface area contributed by atoms with Crippen molar-refractivity contribution in [3.8, 4) is 0 Å². The molecule has 1 saturated heterocycles. The van der Waals surface area contributed by atoms with Crippen molar-refractivity contribution < 1.29 is 8.42 Å². The van der Waals surface area contributed by atoms with E-state index in [1.54, 1.807) is 4.31 Å². The molecule has 2 N–H and O–H groups in total. The van der Waals surface area contributed by atoms with Crippen LogP contribution in [0.25, 0.3) is 0 Å². The van der Waals surface area contributed by atoms with Crippen molar-refractivity contribution in [2.24, 2.45) is 0 Å². The van der Waals surface area contributed by atoms with Crippen LogP contribution in [0.2, 0.25) is 0 Å². The fourth-order valence-corrected chi connectivity index (χ4v) is 5.13. The lowest BCUT2D eigenvalue weighted by Gasteiger charge is -2.20. The summed E-state index contributed by atoms with van der Waals surface area (Å²) in [4.78, 5) is 3.19. The van der Waals surface area contributed by atoms with Crippen molar-refractivity contribution in [2.75, 3.05) is 50.5 Å². The summed E-state index contributed by atoms with van der Waals surface area (Å²) in [5.74, 6) is 0.730. The van der Waals surface area contributed by atoms with E-state index in [4.69, 9.17) is 5.73 Å². The number of rotatable bonds is 5. The third-order valence-electron chi connectivity index (χ3n) is 3.54. The van der Waals surface area contributed by atoms with Gasteiger partial charge in [0.15, 0.2) is 0 Å². The Balaban J connectivity index is 1.86. The molecular formula is C14H23N3O2S2. The van der Waals surface area contributed by atoms with Gasteiger partial charge < -0.3 is 10.6 Å². The molecule has 1 aliphatic heterocycles. The molecule has 0 spiro atoms. The van der Waals surface area contributed by atoms with E-state index in [1.165, 1.54) is 11.8 Å². The minimum absolute atomic E-state index is 0.177. The number of thioether (sulfide) groups is 1. The second-order valence-corrected chi connectivity index (χ2v) is 8.55. The van der Waals surface area contributed by atoms with Gasteiger partial charge in [-0.25, -0.2) is 12.7 Å². The van der Waals surface area contributed by atoms with Crippen LogP contribution in [0.4, 0.5) is 5.69 Å². The zero-order chi connectivity index (χ0) is 15.3. The predicted octanol–water partition coefficient (Wildman–Crippen LogP) is 1.33. The number of nitrogens with zero attached hydrogens (tertiary/aromatic N) is 2. The van der Waals surface area contributed by atoms with Crippen molar-refractivity contribution in [2.45, 2.75) is 11.3 Å². The summed E-state index contributed by atoms with van der Waals surface area (Å²) in [7, 11) is -1.12. The number of nitrogens with two attached hydrogens (primary N) is 1. The molecule has 1 aromatic rings. The molecule has 2 rings (SSSR count). The molecule has 0 saturated carbocycles. The van der Waals surface area contributed by atoms with E-state index < -0.39 is 10.0 Å². The Bertz CT molecular complexity index is 563. The number of sulfonamides is 1. The van der Waals surface area contributed by atoms with Crippen molar-refractivity contribution in [3.05, 3.63) is 24.3 Å². The summed E-state index contributed by atoms with van der Waals surface area (Å²) in [5.41, 5.74) is 6.43. The van der Waals surface area contributed by atoms with E-state index in [-0.39, 0.29) is 5.75 Å². The van der Waals surface area contributed by atoms with Crippen LogP contribution >= 0.6 is 11.8 Å². The van der Waals surface area contributed by atoms with E-state index in [2.05, 4.69) is 4.90 Å². The van der Waals surface area contributed by atoms with Gasteiger partial charge in [-0.2, -0.15) is 0 Å². The maximum atomic E-state index is 12.4. The number of nitrogen functional groups attached to an aromatic ring is 1. The van der Waals surface area contributed by atoms with Gasteiger partial charge in [0.25, 0.3) is 0 Å². The van der Waals surface area contributed by atoms with Gasteiger partial charge in [-0.1, -0.05) is 6.07 Å². The van der Waals surface area contributed by atoms with Crippen LogP contribution in [0.5, 0.6) is 0 Å². The van der Waals surface area contributed by atoms with Gasteiger partial charge in [-0.05, 0) is 38.2 Å². The molecule has 0 aromatic heterocycles. The summed E-state index contributed by atoms with van der Waals surface area (Å²) in [6, 6.07) is 7.54. The Morgan fingerprint density at radius 3 is 2.81 bits per heavy atom. The largest absolute Gasteiger partial charge is 0.399 e. The first-order chi connectivity index (χ1) is 9.97. The lowest BCUT2D eigenvalue weighted by Crippen LogP contribution is -2.36. The minimum Gasteiger partial charge on any atom is -0.399 e. The highest BCUT2D eigenvalue weighted by molar-refractivity contribution is 8.00. The minimum atomic E-state index is -3.16. The average molecular weight is 329 g/mol. The second kappa shape index (κ2) is 7.49. The van der Waals surface area contributed by atoms with Gasteiger partial charge in [0.2, 0.25) is 10.0 Å². The molecule has 0 amide bonds. The van der Waals surface area contributed by atoms with Crippen LogP contribution in [0.1, 0.15) is 6.42 Å². The maximum Gasteiger partial charge on any atom is 0.214 e. The third kappa shape index (κ3) is 5.18. The Hall–Kier alpha value is -0.760. The van der Waals surface area contributed by atoms with Gasteiger partial charge >= 0.3 is 0 Å². The molecule has 5 nitrogen and oxygen atoms in total. The normalized spacial score (nSPS) is 18.5. The second-order valence-electron chi connectivity index (χ2n) is 5.29. The predicted molar refractivity (Wildman–Crippen MR) is 89.1 cm³/mol. The van der Waals surface area contributed by atoms with Crippen molar-refractivity contribution in [3.63, 3.8) is 0 Å². The van der Waals surface area contributed by atoms with Gasteiger partial charge in [0.05, 0.1) is 5.75 Å². The smallest absolute Gasteiger partial charge is 0.214 e. The highest BCUT2D eigenvalue weighted by Crippen LogP contribution is 2.21. The highest BCUT2D eigenvalue weighted by Gasteiger charge is 2.23. The Kier molecular flexibility index (Phi) is 5.92. The Morgan fingerprint density at radius 2 is 2.05 bits per heavy atom. The Labute approximate surface area is 131 Å². The number of benzene rings is 1. The fraction of sp³-hybridized carbons (Fsp3) is 0.571. The van der Waals surface area contributed by atoms with Gasteiger partial charge in [0.1, 0.15) is 0 Å². The number of likely N-dealkylation sites (N-methyl/N-ethyl adjacent to an activating group) is 1. The van der Waals surface area contributed by atoms with Gasteiger partial charge in [0, 0.05) is 36.0 Å². The van der Waals surface area contributed by atoms with E-state index in [0.29, 0.717) is 24.5 Å². The zero-order valence-electron chi connectivity index (χ0n) is 12.4. The molecule has 0 aliphatic carbocycles. The van der Waals surface area contributed by atoms with Crippen molar-refractivity contribution in [1.29, 1.82) is 0 Å². The standard InChI is InChI=1S/C14H23N3O2S2/c1-16-6-3-7-17(9-8-16)21(18,19)11-10-20-14-5-2-4-13(15)12-14/h2,4-5,12H,3,6-11,15H2,1H3. The average Bonchev–Trinajstić information content (AvgIpc) is 2.64. The highest BCUT2D eigenvalue weighted by atomic mass is 32.2. The van der Waals surface area contributed by atoms with Gasteiger partial charge in [-0.15, -0.1) is 11.8 Å². The summed E-state index contributed by atoms with van der Waals surface area (Å²) in [6.07, 6.45) is 0.901. The van der Waals surface area contributed by atoms with Gasteiger partial charge in [-0.3, -0.25) is 0 Å². The topological polar surface area (TPSA) is 66.6 Å². The summed E-state index contributed by atoms with van der Waals surface area (Å²) in [6.45, 7) is 3.00. The first kappa shape index (κ1) is 16.6. The van der Waals surface area contributed by atoms with Crippen LogP contribution in [0.3, 0.4) is 0 Å². The first-order valence-corrected chi connectivity index (χ1v) is 9.71. The SMILES string of the molecule is CN1CCCN(S(=O)(=O)CCSc2cccc(N)c2)CC1. The zero-order valence-corrected chi connectivity index (χ0v) is 14.0. The van der Waals surface area contributed by atoms with E-state index in [1.807, 2.05) is 31.3 Å². The first-order valence-electron chi connectivity index (χ1n) is 7.12. The molecule has 0 unspecified atom stereocenters. The van der Waals surface area contributed by atoms with Crippen LogP contribution in [0, 0.1) is 0 Å². The van der Waals surface area contributed by atoms with Crippen LogP contribution in [-0.4, -0.2) is 62.4 Å². The number of hydrogen-bond donors (Lipinski definition) is 1. The molecule has 1 aromatic carbocycles. The maximum absolute atomic E-state index is 12.4. The lowest BCUT2D eigenvalue weighted by atomic mass is 10.3. The summed E-state index contributed by atoms with van der Waals surface area (Å²) < 4.78 is 26.4. The lowest BCUT2D eigenvalue weighted by molar-refractivity contribution is 0.347. The molecule has 0 atom stereocenters. The summed E-state index contributed by atoms with van der Waals surface area (Å²) in [5, 5.41) is 0. The Morgan fingerprint density at radius 1 is 1.24 bits per heavy atom. The molecule has 0 radical (unpaired) electrons. The van der Waals surface area contributed by atoms with E-state index in [9.17, 15) is 8.42 Å². The van der Waals surface area contributed by atoms with Crippen LogP contribution in [-0.2, 0) is 10.0 Å². The molecular weight excluding hydrogens is 306 g/mol. The van der Waals surface area contributed by atoms with Crippen molar-refractivity contribution in [1.82, 2.24) is 9.21 Å². The molecule has 7 heteroatoms. The quantitative estimate of drug-likeness (QED) is 0.652. The molecule has 21 heavy (non-hydrogen) atoms. The molecule has 118 valence electrons. The van der Waals surface area contributed by atoms with Crippen LogP contribution < -0.4 is 5.73 Å². The molecule has 0 bridgehead atoms. The fourth-order valence-electron chi connectivity index (χ4n) is 2.30. The monoisotopic (exact) mass is 329 g/mol. The number of hydrogen-bond acceptors (Lipinski definition) is 5. The number of anilines is 1. The van der Waals surface area contributed by atoms with Crippen LogP contribution in [0.15, 0.2) is 29.2 Å². The summed E-state index contributed by atoms with van der Waals surface area (Å²) >= 11 is 1.53. The van der Waals surface area contributed by atoms with E-state index in [0.717, 1.165) is 24.4 Å². The van der Waals surface area contributed by atoms with Crippen molar-refractivity contribution >= 4 is 27.5 Å². The molecule has 1 aliphatic rings.